The van der Waals surface area contributed by atoms with E-state index in [0.29, 0.717) is 11.5 Å². The molecule has 3 aliphatic rings. The first-order chi connectivity index (χ1) is 29.5. The first-order valence-corrected chi connectivity index (χ1v) is 23.1. The monoisotopic (exact) mass is 829 g/mol. The van der Waals surface area contributed by atoms with Crippen LogP contribution in [0, 0.1) is 31.6 Å². The van der Waals surface area contributed by atoms with Crippen molar-refractivity contribution < 1.29 is 10.2 Å². The van der Waals surface area contributed by atoms with Crippen molar-refractivity contribution in [2.45, 2.75) is 107 Å². The number of likely N-dealkylation sites (tertiary alicyclic amines) is 1. The molecule has 3 atom stereocenters. The van der Waals surface area contributed by atoms with Crippen molar-refractivity contribution in [3.63, 3.8) is 0 Å². The van der Waals surface area contributed by atoms with Crippen LogP contribution in [-0.2, 0) is 25.7 Å². The molecule has 2 unspecified atom stereocenters. The molecule has 0 spiro atoms. The lowest BCUT2D eigenvalue weighted by molar-refractivity contribution is 0.133. The lowest BCUT2D eigenvalue weighted by atomic mass is 9.73. The highest BCUT2D eigenvalue weighted by molar-refractivity contribution is 5.79. The third-order valence-electron chi connectivity index (χ3n) is 11.4. The van der Waals surface area contributed by atoms with Crippen molar-refractivity contribution in [3.05, 3.63) is 143 Å². The summed E-state index contributed by atoms with van der Waals surface area (Å²) in [7, 11) is 4.45. The Balaban J connectivity index is 0.000000287. The Morgan fingerprint density at radius 2 is 1.31 bits per heavy atom. The predicted octanol–water partition coefficient (Wildman–Crippen LogP) is 13.2. The number of pyridine rings is 2. The molecule has 3 heterocycles. The molecule has 2 N–H and O–H groups in total. The Labute approximate surface area is 371 Å². The largest absolute Gasteiger partial charge is 0.508 e. The quantitative estimate of drug-likeness (QED) is 0.178. The molecule has 8 rings (SSSR count). The molecule has 1 fully saturated rings. The highest BCUT2D eigenvalue weighted by atomic mass is 16.3. The zero-order valence-corrected chi connectivity index (χ0v) is 39.8. The fourth-order valence-electron chi connectivity index (χ4n) is 7.83. The zero-order valence-electron chi connectivity index (χ0n) is 39.8. The second-order valence-electron chi connectivity index (χ2n) is 15.7. The summed E-state index contributed by atoms with van der Waals surface area (Å²) in [5.41, 5.74) is 11.1. The summed E-state index contributed by atoms with van der Waals surface area (Å²) in [6.45, 7) is 30.8. The van der Waals surface area contributed by atoms with Gasteiger partial charge in [-0.1, -0.05) is 121 Å². The van der Waals surface area contributed by atoms with Gasteiger partial charge in [-0.15, -0.1) is 0 Å². The lowest BCUT2D eigenvalue weighted by Gasteiger charge is -2.40. The standard InChI is InChI=1S/C18H24N2.C17H22N2.2C7H8O.3C2H6/c1-3-20(2)11-10-14-8-9-16-13-15-6-4-5-7-17(15)19-18(16)12-14;1-4-12-8-14-9-15-11-19(3)7-6-13(15)10-17(14)18-16(12)5-2;2*1-6-2-4-7(8)5-3-6;3*1-2/h4-7,13-14H,3,8-12H2,1-2H3;4-5,8,13,15H,1-2,6-7,9-11H2,3H3;2*2-5,8H,1H3;3*1-2H3/t;13?,15-;;;;;/m.0...../s1. The van der Waals surface area contributed by atoms with Gasteiger partial charge in [0.05, 0.1) is 11.2 Å². The van der Waals surface area contributed by atoms with Gasteiger partial charge in [-0.05, 0) is 176 Å². The molecule has 1 aliphatic heterocycles. The van der Waals surface area contributed by atoms with Gasteiger partial charge in [-0.3, -0.25) is 9.97 Å². The average molecular weight is 829 g/mol. The van der Waals surface area contributed by atoms with E-state index < -0.39 is 0 Å². The van der Waals surface area contributed by atoms with Gasteiger partial charge in [0.1, 0.15) is 11.5 Å². The maximum Gasteiger partial charge on any atom is 0.115 e. The summed E-state index contributed by atoms with van der Waals surface area (Å²) in [6, 6.07) is 27.3. The number of nitrogens with zero attached hydrogens (tertiary/aromatic N) is 4. The van der Waals surface area contributed by atoms with Gasteiger partial charge in [0.15, 0.2) is 0 Å². The number of hydrogen-bond donors (Lipinski definition) is 2. The number of piperidine rings is 1. The number of para-hydroxylation sites is 1. The number of benzene rings is 3. The van der Waals surface area contributed by atoms with E-state index in [0.717, 1.165) is 53.9 Å². The minimum absolute atomic E-state index is 0.329. The highest BCUT2D eigenvalue weighted by Gasteiger charge is 2.33. The van der Waals surface area contributed by atoms with Crippen LogP contribution < -0.4 is 0 Å². The molecular formula is C55H80N4O2. The number of phenolic OH excluding ortho intramolecular Hbond substituents is 2. The summed E-state index contributed by atoms with van der Waals surface area (Å²) in [6.07, 6.45) is 12.4. The second-order valence-corrected chi connectivity index (χ2v) is 15.7. The molecule has 3 aromatic carbocycles. The van der Waals surface area contributed by atoms with Crippen molar-refractivity contribution in [1.82, 2.24) is 19.8 Å². The number of rotatable bonds is 6. The smallest absolute Gasteiger partial charge is 0.115 e. The van der Waals surface area contributed by atoms with Gasteiger partial charge in [-0.2, -0.15) is 0 Å². The van der Waals surface area contributed by atoms with Gasteiger partial charge in [0.25, 0.3) is 0 Å². The minimum atomic E-state index is 0.329. The summed E-state index contributed by atoms with van der Waals surface area (Å²) in [4.78, 5) is 14.6. The van der Waals surface area contributed by atoms with Gasteiger partial charge in [0, 0.05) is 23.3 Å². The molecule has 0 radical (unpaired) electrons. The molecule has 2 aromatic heterocycles. The Bertz CT molecular complexity index is 1900. The molecule has 2 aliphatic carbocycles. The Morgan fingerprint density at radius 1 is 0.721 bits per heavy atom. The van der Waals surface area contributed by atoms with Crippen LogP contribution >= 0.6 is 0 Å². The molecule has 332 valence electrons. The van der Waals surface area contributed by atoms with E-state index in [4.69, 9.17) is 20.2 Å². The second kappa shape index (κ2) is 28.7. The van der Waals surface area contributed by atoms with Gasteiger partial charge < -0.3 is 20.0 Å². The molecule has 0 saturated carbocycles. The number of aromatic hydroxyl groups is 2. The van der Waals surface area contributed by atoms with E-state index in [1.54, 1.807) is 24.3 Å². The number of hydrogen-bond acceptors (Lipinski definition) is 6. The van der Waals surface area contributed by atoms with Crippen LogP contribution in [0.4, 0.5) is 0 Å². The average Bonchev–Trinajstić information content (AvgIpc) is 3.30. The van der Waals surface area contributed by atoms with Gasteiger partial charge in [0.2, 0.25) is 0 Å². The summed E-state index contributed by atoms with van der Waals surface area (Å²) in [5.74, 6) is 3.10. The molecule has 0 bridgehead atoms. The van der Waals surface area contributed by atoms with Crippen molar-refractivity contribution in [2.75, 3.05) is 40.3 Å². The molecule has 6 heteroatoms. The first kappa shape index (κ1) is 52.4. The maximum atomic E-state index is 8.76. The third-order valence-corrected chi connectivity index (χ3v) is 11.4. The Kier molecular flexibility index (Phi) is 24.6. The molecule has 61 heavy (non-hydrogen) atoms. The fourth-order valence-corrected chi connectivity index (χ4v) is 7.83. The maximum absolute atomic E-state index is 8.76. The van der Waals surface area contributed by atoms with E-state index in [2.05, 4.69) is 80.4 Å². The molecular weight excluding hydrogens is 749 g/mol. The molecule has 6 nitrogen and oxygen atoms in total. The van der Waals surface area contributed by atoms with Gasteiger partial charge in [-0.25, -0.2) is 0 Å². The van der Waals surface area contributed by atoms with Crippen LogP contribution in [0.5, 0.6) is 11.5 Å². The Hall–Kier alpha value is -4.78. The molecule has 5 aromatic rings. The van der Waals surface area contributed by atoms with Crippen LogP contribution in [0.2, 0.25) is 0 Å². The minimum Gasteiger partial charge on any atom is -0.508 e. The normalized spacial score (nSPS) is 17.0. The number of aromatic nitrogens is 2. The van der Waals surface area contributed by atoms with Crippen LogP contribution in [0.3, 0.4) is 0 Å². The van der Waals surface area contributed by atoms with E-state index >= 15 is 0 Å². The summed E-state index contributed by atoms with van der Waals surface area (Å²) >= 11 is 0. The highest BCUT2D eigenvalue weighted by Crippen LogP contribution is 2.36. The summed E-state index contributed by atoms with van der Waals surface area (Å²) in [5, 5.41) is 18.8. The van der Waals surface area contributed by atoms with E-state index in [-0.39, 0.29) is 0 Å². The molecule has 0 amide bonds. The van der Waals surface area contributed by atoms with Crippen LogP contribution in [-0.4, -0.2) is 70.3 Å². The number of phenols is 2. The lowest BCUT2D eigenvalue weighted by Crippen LogP contribution is -2.42. The van der Waals surface area contributed by atoms with Crippen molar-refractivity contribution in [2.24, 2.45) is 17.8 Å². The zero-order chi connectivity index (χ0) is 45.3. The van der Waals surface area contributed by atoms with E-state index in [1.165, 1.54) is 90.8 Å². The van der Waals surface area contributed by atoms with Crippen molar-refractivity contribution in [1.29, 1.82) is 0 Å². The van der Waals surface area contributed by atoms with Crippen LogP contribution in [0.25, 0.3) is 23.1 Å². The topological polar surface area (TPSA) is 72.7 Å². The fraction of sp³-hybridized carbons (Fsp3) is 0.455. The van der Waals surface area contributed by atoms with E-state index in [9.17, 15) is 0 Å². The van der Waals surface area contributed by atoms with Crippen molar-refractivity contribution in [3.8, 4) is 11.5 Å². The van der Waals surface area contributed by atoms with Crippen LogP contribution in [0.1, 0.15) is 113 Å². The van der Waals surface area contributed by atoms with Gasteiger partial charge >= 0.3 is 0 Å². The number of fused-ring (bicyclic) bond motifs is 4. The predicted molar refractivity (Wildman–Crippen MR) is 266 cm³/mol. The Morgan fingerprint density at radius 3 is 1.87 bits per heavy atom. The van der Waals surface area contributed by atoms with Crippen molar-refractivity contribution >= 4 is 23.1 Å². The van der Waals surface area contributed by atoms with Crippen LogP contribution in [0.15, 0.2) is 98.1 Å². The summed E-state index contributed by atoms with van der Waals surface area (Å²) < 4.78 is 0. The number of aryl methyl sites for hydroxylation is 3. The first-order valence-electron chi connectivity index (χ1n) is 23.1. The SMILES string of the molecule is C=Cc1cc2c(nc1C=C)CC1CCN(C)C[C@@H]1C2.CC.CC.CC.CCN(C)CCC1CCc2cc3ccccc3nc2C1.Cc1ccc(O)cc1.Cc1ccc(O)cc1. The van der Waals surface area contributed by atoms with E-state index in [1.807, 2.05) is 91.8 Å². The third kappa shape index (κ3) is 17.3. The molecule has 1 saturated heterocycles.